The van der Waals surface area contributed by atoms with E-state index in [2.05, 4.69) is 273 Å². The van der Waals surface area contributed by atoms with Gasteiger partial charge in [-0.05, 0) is 178 Å². The van der Waals surface area contributed by atoms with Crippen LogP contribution in [-0.4, -0.2) is 20.1 Å². The molecule has 0 radical (unpaired) electrons. The minimum Gasteiger partial charge on any atom is -0.374 e. The van der Waals surface area contributed by atoms with E-state index in [4.69, 9.17) is 0 Å². The summed E-state index contributed by atoms with van der Waals surface area (Å²) in [4.78, 5) is 4.82. The number of aryl methyl sites for hydroxylation is 1. The standard InChI is InChI=1S/C41H47N.C16H16.C13H17N.C2H6.2C2H2/c1-6-9-15-31(4)32(5)35-18-21-38(22-19-35)42(30-34-26-33(27-34)16-10-7-2)39-23-20-36-28-37(17-11-8-3)41(40(36)29-39)24-13-12-14-25-41;1-14(16-10-6-3-7-11-16)12-13-15-8-4-2-5-9-15;1-3-14(2)13-10-6-8-11-7-4-5-9-12(11)13;3*1-2/h6-11,15,17-23,26-27,29H,1,12-14,16,24-25,28,30H2,2-5H3;2-12H,13H2,1H3;5-6,8-10H,3-4,7H2,1-2H3;1-2H3;2*1-2H/b10-7-,11-8-,15-9-,32-31+,37-17+;14-12+;;;;. The number of anilines is 3. The molecule has 9 rings (SSSR count). The van der Waals surface area contributed by atoms with Crippen molar-refractivity contribution in [2.75, 3.05) is 29.9 Å². The highest BCUT2D eigenvalue weighted by molar-refractivity contribution is 5.74. The Morgan fingerprint density at radius 1 is 0.692 bits per heavy atom. The van der Waals surface area contributed by atoms with Crippen molar-refractivity contribution >= 4 is 34.3 Å². The quantitative estimate of drug-likeness (QED) is 0.0586. The summed E-state index contributed by atoms with van der Waals surface area (Å²) in [5, 5.41) is 0. The zero-order valence-electron chi connectivity index (χ0n) is 48.9. The molecule has 0 atom stereocenters. The molecular formula is C76H90N2. The molecule has 2 nitrogen and oxygen atoms in total. The summed E-state index contributed by atoms with van der Waals surface area (Å²) in [6.45, 7) is 22.7. The van der Waals surface area contributed by atoms with Crippen molar-refractivity contribution < 1.29 is 0 Å². The highest BCUT2D eigenvalue weighted by Gasteiger charge is 2.43. The van der Waals surface area contributed by atoms with E-state index < -0.39 is 0 Å². The fourth-order valence-corrected chi connectivity index (χ4v) is 10.6. The molecule has 4 aliphatic rings. The number of hydrogen-bond acceptors (Lipinski definition) is 2. The molecule has 1 spiro atoms. The lowest BCUT2D eigenvalue weighted by atomic mass is 9.68. The fraction of sp³-hybridized carbons (Fsp3) is 0.289. The molecule has 1 fully saturated rings. The molecule has 0 aliphatic heterocycles. The minimum atomic E-state index is 0.201. The molecule has 0 aromatic heterocycles. The lowest BCUT2D eigenvalue weighted by molar-refractivity contribution is 0.347. The smallest absolute Gasteiger partial charge is 0.0481 e. The van der Waals surface area contributed by atoms with E-state index in [9.17, 15) is 0 Å². The first-order valence-electron chi connectivity index (χ1n) is 28.4. The number of terminal acetylenes is 2. The first-order chi connectivity index (χ1) is 38.2. The van der Waals surface area contributed by atoms with Crippen LogP contribution in [0.3, 0.4) is 0 Å². The molecule has 0 N–H and O–H groups in total. The third kappa shape index (κ3) is 17.4. The van der Waals surface area contributed by atoms with E-state index in [-0.39, 0.29) is 5.41 Å². The summed E-state index contributed by atoms with van der Waals surface area (Å²) in [5.74, 6) is 0. The lowest BCUT2D eigenvalue weighted by Gasteiger charge is -2.37. The van der Waals surface area contributed by atoms with Gasteiger partial charge in [-0.25, -0.2) is 0 Å². The van der Waals surface area contributed by atoms with Crippen LogP contribution >= 0.6 is 0 Å². The van der Waals surface area contributed by atoms with Crippen LogP contribution in [0.5, 0.6) is 0 Å². The van der Waals surface area contributed by atoms with Gasteiger partial charge >= 0.3 is 0 Å². The molecule has 404 valence electrons. The van der Waals surface area contributed by atoms with Gasteiger partial charge in [-0.3, -0.25) is 0 Å². The second-order valence-electron chi connectivity index (χ2n) is 19.9. The van der Waals surface area contributed by atoms with Crippen molar-refractivity contribution in [2.45, 2.75) is 125 Å². The molecular weight excluding hydrogens is 941 g/mol. The summed E-state index contributed by atoms with van der Waals surface area (Å²) in [5.41, 5.74) is 22.3. The largest absolute Gasteiger partial charge is 0.374 e. The highest BCUT2D eigenvalue weighted by atomic mass is 15.1. The number of benzene rings is 5. The first kappa shape index (κ1) is 62.8. The molecule has 5 aromatic rings. The van der Waals surface area contributed by atoms with Gasteiger partial charge < -0.3 is 9.80 Å². The van der Waals surface area contributed by atoms with Crippen molar-refractivity contribution in [1.82, 2.24) is 0 Å². The zero-order chi connectivity index (χ0) is 56.7. The Morgan fingerprint density at radius 2 is 1.36 bits per heavy atom. The predicted molar refractivity (Wildman–Crippen MR) is 349 cm³/mol. The monoisotopic (exact) mass is 1030 g/mol. The van der Waals surface area contributed by atoms with Gasteiger partial charge in [-0.1, -0.05) is 215 Å². The normalized spacial score (nSPS) is 15.3. The molecule has 0 amide bonds. The van der Waals surface area contributed by atoms with Crippen molar-refractivity contribution in [3.63, 3.8) is 0 Å². The van der Waals surface area contributed by atoms with E-state index in [1.807, 2.05) is 32.1 Å². The van der Waals surface area contributed by atoms with Gasteiger partial charge in [0.1, 0.15) is 0 Å². The number of hydrogen-bond donors (Lipinski definition) is 0. The van der Waals surface area contributed by atoms with Crippen LogP contribution in [0.1, 0.15) is 139 Å². The topological polar surface area (TPSA) is 6.48 Å². The predicted octanol–water partition coefficient (Wildman–Crippen LogP) is 20.4. The van der Waals surface area contributed by atoms with Gasteiger partial charge in [-0.2, -0.15) is 0 Å². The third-order valence-corrected chi connectivity index (χ3v) is 15.1. The van der Waals surface area contributed by atoms with Crippen LogP contribution in [0.4, 0.5) is 17.1 Å². The van der Waals surface area contributed by atoms with Crippen LogP contribution in [0.2, 0.25) is 0 Å². The average Bonchev–Trinajstić information content (AvgIpc) is 3.79. The summed E-state index contributed by atoms with van der Waals surface area (Å²) < 4.78 is 0. The van der Waals surface area contributed by atoms with Gasteiger partial charge in [0, 0.05) is 48.2 Å². The summed E-state index contributed by atoms with van der Waals surface area (Å²) in [7, 11) is 2.15. The Bertz CT molecular complexity index is 2960. The van der Waals surface area contributed by atoms with Crippen molar-refractivity contribution in [2.24, 2.45) is 0 Å². The summed E-state index contributed by atoms with van der Waals surface area (Å²) >= 11 is 0. The Hall–Kier alpha value is -7.78. The number of rotatable bonds is 15. The van der Waals surface area contributed by atoms with Gasteiger partial charge in [0.2, 0.25) is 0 Å². The summed E-state index contributed by atoms with van der Waals surface area (Å²) in [6.07, 6.45) is 56.8. The van der Waals surface area contributed by atoms with Crippen molar-refractivity contribution in [3.8, 4) is 25.7 Å². The van der Waals surface area contributed by atoms with E-state index in [0.717, 1.165) is 32.4 Å². The number of allylic oxidation sites excluding steroid dienone is 16. The average molecular weight is 1030 g/mol. The van der Waals surface area contributed by atoms with Crippen LogP contribution in [0.15, 0.2) is 223 Å². The first-order valence-corrected chi connectivity index (χ1v) is 28.4. The van der Waals surface area contributed by atoms with Gasteiger partial charge in [0.05, 0.1) is 0 Å². The minimum absolute atomic E-state index is 0.201. The van der Waals surface area contributed by atoms with Crippen LogP contribution in [-0.2, 0) is 24.7 Å². The molecule has 0 heterocycles. The van der Waals surface area contributed by atoms with Gasteiger partial charge in [-0.15, -0.1) is 25.7 Å². The Morgan fingerprint density at radius 3 is 2.00 bits per heavy atom. The molecule has 78 heavy (non-hydrogen) atoms. The molecule has 2 heteroatoms. The molecule has 5 aromatic carbocycles. The second-order valence-corrected chi connectivity index (χ2v) is 19.9. The van der Waals surface area contributed by atoms with E-state index in [1.54, 1.807) is 11.1 Å². The lowest BCUT2D eigenvalue weighted by Crippen LogP contribution is -2.29. The van der Waals surface area contributed by atoms with E-state index >= 15 is 0 Å². The molecule has 4 aliphatic carbocycles. The van der Waals surface area contributed by atoms with Gasteiger partial charge in [0.25, 0.3) is 0 Å². The SMILES string of the molecule is C#C.C#C.C/C(=C\Cc1ccccc1)c1ccccc1.C=C/C=C\C(C)=C(/C)c1ccc(N(CC2=CC(C/C=C\C)=C2)c2ccc3c(c2)C2(CCCCC2)/C(=C/C=C\C)C3)cc1.CC.CCN(C)c1cccc2c1C=CCC2. The van der Waals surface area contributed by atoms with E-state index in [0.29, 0.717) is 0 Å². The highest BCUT2D eigenvalue weighted by Crippen LogP contribution is 2.53. The molecule has 1 saturated carbocycles. The van der Waals surface area contributed by atoms with Crippen LogP contribution in [0.25, 0.3) is 17.2 Å². The molecule has 0 unspecified atom stereocenters. The zero-order valence-corrected chi connectivity index (χ0v) is 48.9. The third-order valence-electron chi connectivity index (χ3n) is 15.1. The molecule has 0 bridgehead atoms. The number of nitrogens with zero attached hydrogens (tertiary/aromatic N) is 2. The maximum atomic E-state index is 4.00. The van der Waals surface area contributed by atoms with Crippen LogP contribution < -0.4 is 9.80 Å². The van der Waals surface area contributed by atoms with Crippen molar-refractivity contribution in [1.29, 1.82) is 0 Å². The fourth-order valence-electron chi connectivity index (χ4n) is 10.6. The second kappa shape index (κ2) is 34.1. The Labute approximate surface area is 474 Å². The van der Waals surface area contributed by atoms with Crippen LogP contribution in [0, 0.1) is 25.7 Å². The molecule has 0 saturated heterocycles. The van der Waals surface area contributed by atoms with E-state index in [1.165, 1.54) is 123 Å². The Kier molecular flexibility index (Phi) is 27.4. The van der Waals surface area contributed by atoms with Gasteiger partial charge in [0.15, 0.2) is 0 Å². The maximum Gasteiger partial charge on any atom is 0.0481 e. The van der Waals surface area contributed by atoms with Crippen molar-refractivity contribution in [3.05, 3.63) is 262 Å². The summed E-state index contributed by atoms with van der Waals surface area (Å²) in [6, 6.07) is 44.1. The Balaban J connectivity index is 0.000000296. The maximum absolute atomic E-state index is 4.00. The number of fused-ring (bicyclic) bond motifs is 3.